The van der Waals surface area contributed by atoms with Crippen molar-refractivity contribution in [2.45, 2.75) is 49.7 Å². The molecule has 2 fully saturated rings. The maximum atomic E-state index is 15.3. The van der Waals surface area contributed by atoms with E-state index >= 15 is 4.39 Å². The molecule has 27 heavy (non-hydrogen) atoms. The summed E-state index contributed by atoms with van der Waals surface area (Å²) in [5, 5.41) is 0. The molecule has 2 unspecified atom stereocenters. The molecule has 5 heteroatoms. The lowest BCUT2D eigenvalue weighted by Crippen LogP contribution is -2.38. The SMILES string of the molecule is COCCC1O[C@@H]2C(OCc3ccccc3)[C@@]2(OCc2ccccc2)[C@H]1F. The second kappa shape index (κ2) is 8.07. The van der Waals surface area contributed by atoms with Gasteiger partial charge in [0.15, 0.2) is 11.8 Å². The van der Waals surface area contributed by atoms with Gasteiger partial charge in [-0.2, -0.15) is 0 Å². The van der Waals surface area contributed by atoms with Gasteiger partial charge in [-0.15, -0.1) is 0 Å². The van der Waals surface area contributed by atoms with Crippen molar-refractivity contribution >= 4 is 0 Å². The summed E-state index contributed by atoms with van der Waals surface area (Å²) in [5.41, 5.74) is 1.03. The Morgan fingerprint density at radius 3 is 2.22 bits per heavy atom. The first-order chi connectivity index (χ1) is 13.3. The third kappa shape index (κ3) is 3.65. The molecule has 0 spiro atoms. The molecule has 0 N–H and O–H groups in total. The minimum atomic E-state index is -1.23. The van der Waals surface area contributed by atoms with Crippen LogP contribution in [0.4, 0.5) is 4.39 Å². The molecular weight excluding hydrogens is 347 g/mol. The van der Waals surface area contributed by atoms with Crippen molar-refractivity contribution in [1.82, 2.24) is 0 Å². The molecule has 4 nitrogen and oxygen atoms in total. The lowest BCUT2D eigenvalue weighted by molar-refractivity contribution is -0.0925. The second-order valence-corrected chi connectivity index (χ2v) is 7.12. The van der Waals surface area contributed by atoms with Crippen molar-refractivity contribution in [3.63, 3.8) is 0 Å². The fourth-order valence-corrected chi connectivity index (χ4v) is 3.81. The average molecular weight is 372 g/mol. The van der Waals surface area contributed by atoms with Gasteiger partial charge in [0.1, 0.15) is 12.2 Å². The maximum absolute atomic E-state index is 15.3. The molecule has 2 aromatic carbocycles. The van der Waals surface area contributed by atoms with Gasteiger partial charge in [0.25, 0.3) is 0 Å². The quantitative estimate of drug-likeness (QED) is 0.673. The van der Waals surface area contributed by atoms with E-state index in [4.69, 9.17) is 18.9 Å². The lowest BCUT2D eigenvalue weighted by Gasteiger charge is -2.24. The molecule has 0 bridgehead atoms. The van der Waals surface area contributed by atoms with Gasteiger partial charge in [-0.05, 0) is 17.5 Å². The van der Waals surface area contributed by atoms with E-state index in [9.17, 15) is 0 Å². The van der Waals surface area contributed by atoms with E-state index in [0.717, 1.165) is 11.1 Å². The van der Waals surface area contributed by atoms with E-state index in [1.54, 1.807) is 7.11 Å². The zero-order chi connectivity index (χ0) is 18.7. The van der Waals surface area contributed by atoms with Gasteiger partial charge >= 0.3 is 0 Å². The van der Waals surface area contributed by atoms with Crippen LogP contribution in [0.1, 0.15) is 17.5 Å². The number of rotatable bonds is 9. The average Bonchev–Trinajstić information content (AvgIpc) is 3.25. The highest BCUT2D eigenvalue weighted by Crippen LogP contribution is 2.57. The van der Waals surface area contributed by atoms with Gasteiger partial charge in [0.05, 0.1) is 19.3 Å². The number of methoxy groups -OCH3 is 1. The molecule has 144 valence electrons. The van der Waals surface area contributed by atoms with Crippen LogP contribution in [0.25, 0.3) is 0 Å². The number of hydrogen-bond donors (Lipinski definition) is 0. The molecule has 2 aromatic rings. The Labute approximate surface area is 159 Å². The molecule has 1 saturated heterocycles. The highest BCUT2D eigenvalue weighted by atomic mass is 19.1. The predicted octanol–water partition coefficient (Wildman–Crippen LogP) is 3.68. The van der Waals surface area contributed by atoms with Crippen LogP contribution in [0, 0.1) is 0 Å². The number of hydrogen-bond acceptors (Lipinski definition) is 4. The first kappa shape index (κ1) is 18.6. The van der Waals surface area contributed by atoms with E-state index in [-0.39, 0.29) is 6.10 Å². The Bertz CT molecular complexity index is 726. The smallest absolute Gasteiger partial charge is 0.160 e. The predicted molar refractivity (Wildman–Crippen MR) is 99.0 cm³/mol. The third-order valence-electron chi connectivity index (χ3n) is 5.34. The molecule has 1 aliphatic carbocycles. The molecule has 1 saturated carbocycles. The lowest BCUT2D eigenvalue weighted by atomic mass is 10.1. The molecular formula is C22H25FO4. The van der Waals surface area contributed by atoms with Crippen LogP contribution in [0.3, 0.4) is 0 Å². The molecule has 0 radical (unpaired) electrons. The number of alkyl halides is 1. The summed E-state index contributed by atoms with van der Waals surface area (Å²) < 4.78 is 38.4. The van der Waals surface area contributed by atoms with Crippen LogP contribution in [-0.2, 0) is 32.2 Å². The van der Waals surface area contributed by atoms with E-state index < -0.39 is 24.0 Å². The van der Waals surface area contributed by atoms with Crippen molar-refractivity contribution < 1.29 is 23.3 Å². The molecule has 1 heterocycles. The Morgan fingerprint density at radius 1 is 0.963 bits per heavy atom. The van der Waals surface area contributed by atoms with Gasteiger partial charge in [-0.25, -0.2) is 4.39 Å². The molecule has 0 amide bonds. The van der Waals surface area contributed by atoms with Crippen molar-refractivity contribution in [2.24, 2.45) is 0 Å². The highest BCUT2D eigenvalue weighted by molar-refractivity contribution is 5.29. The summed E-state index contributed by atoms with van der Waals surface area (Å²) >= 11 is 0. The van der Waals surface area contributed by atoms with Crippen LogP contribution in [-0.4, -0.2) is 43.8 Å². The first-order valence-electron chi connectivity index (χ1n) is 9.37. The minimum absolute atomic E-state index is 0.337. The monoisotopic (exact) mass is 372 g/mol. The van der Waals surface area contributed by atoms with E-state index in [1.165, 1.54) is 0 Å². The van der Waals surface area contributed by atoms with E-state index in [1.807, 2.05) is 60.7 Å². The molecule has 4 rings (SSSR count). The molecule has 2 aliphatic rings. The first-order valence-corrected chi connectivity index (χ1v) is 9.37. The Morgan fingerprint density at radius 2 is 1.59 bits per heavy atom. The van der Waals surface area contributed by atoms with Crippen LogP contribution in [0.2, 0.25) is 0 Å². The number of halogens is 1. The normalized spacial score (nSPS) is 31.6. The summed E-state index contributed by atoms with van der Waals surface area (Å²) in [6.07, 6.45) is -2.00. The Balaban J connectivity index is 1.44. The number of benzene rings is 2. The largest absolute Gasteiger partial charge is 0.385 e. The Kier molecular flexibility index (Phi) is 5.55. The van der Waals surface area contributed by atoms with Crippen LogP contribution in [0.5, 0.6) is 0 Å². The zero-order valence-corrected chi connectivity index (χ0v) is 15.4. The highest BCUT2D eigenvalue weighted by Gasteiger charge is 2.79. The molecule has 5 atom stereocenters. The second-order valence-electron chi connectivity index (χ2n) is 7.12. The van der Waals surface area contributed by atoms with Gasteiger partial charge in [0, 0.05) is 13.7 Å². The zero-order valence-electron chi connectivity index (χ0n) is 15.4. The van der Waals surface area contributed by atoms with Gasteiger partial charge in [0.2, 0.25) is 0 Å². The standard InChI is InChI=1S/C22H25FO4/c1-24-13-12-18-19(23)22(26-15-17-10-6-3-7-11-17)20(21(22)27-18)25-14-16-8-4-2-5-9-16/h2-11,18-21H,12-15H2,1H3/t18?,19-,20?,21+,22-/m0/s1. The van der Waals surface area contributed by atoms with Gasteiger partial charge < -0.3 is 18.9 Å². The fourth-order valence-electron chi connectivity index (χ4n) is 3.81. The minimum Gasteiger partial charge on any atom is -0.385 e. The Hall–Kier alpha value is -1.79. The molecule has 1 aliphatic heterocycles. The van der Waals surface area contributed by atoms with Crippen molar-refractivity contribution in [3.8, 4) is 0 Å². The maximum Gasteiger partial charge on any atom is 0.160 e. The summed E-state index contributed by atoms with van der Waals surface area (Å²) in [4.78, 5) is 0. The van der Waals surface area contributed by atoms with Crippen molar-refractivity contribution in [2.75, 3.05) is 13.7 Å². The van der Waals surface area contributed by atoms with Crippen molar-refractivity contribution in [1.29, 1.82) is 0 Å². The van der Waals surface area contributed by atoms with E-state index in [2.05, 4.69) is 0 Å². The fraction of sp³-hybridized carbons (Fsp3) is 0.455. The topological polar surface area (TPSA) is 36.9 Å². The van der Waals surface area contributed by atoms with Crippen LogP contribution in [0.15, 0.2) is 60.7 Å². The number of ether oxygens (including phenoxy) is 4. The van der Waals surface area contributed by atoms with Gasteiger partial charge in [-0.1, -0.05) is 60.7 Å². The third-order valence-corrected chi connectivity index (χ3v) is 5.34. The summed E-state index contributed by atoms with van der Waals surface area (Å²) in [6, 6.07) is 19.7. The summed E-state index contributed by atoms with van der Waals surface area (Å²) in [5.74, 6) is 0. The summed E-state index contributed by atoms with van der Waals surface area (Å²) in [7, 11) is 1.61. The van der Waals surface area contributed by atoms with Gasteiger partial charge in [-0.3, -0.25) is 0 Å². The molecule has 0 aromatic heterocycles. The number of fused-ring (bicyclic) bond motifs is 1. The van der Waals surface area contributed by atoms with Crippen LogP contribution < -0.4 is 0 Å². The van der Waals surface area contributed by atoms with Crippen LogP contribution >= 0.6 is 0 Å². The van der Waals surface area contributed by atoms with Crippen molar-refractivity contribution in [3.05, 3.63) is 71.8 Å². The summed E-state index contributed by atoms with van der Waals surface area (Å²) in [6.45, 7) is 1.21. The van der Waals surface area contributed by atoms with E-state index in [0.29, 0.717) is 26.2 Å².